The minimum Gasteiger partial charge on any atom is -0.493 e. The van der Waals surface area contributed by atoms with E-state index in [9.17, 15) is 9.59 Å². The van der Waals surface area contributed by atoms with Crippen molar-refractivity contribution >= 4 is 17.3 Å². The summed E-state index contributed by atoms with van der Waals surface area (Å²) in [7, 11) is 2.91. The highest BCUT2D eigenvalue weighted by Crippen LogP contribution is 2.35. The summed E-state index contributed by atoms with van der Waals surface area (Å²) >= 11 is 0. The number of fused-ring (bicyclic) bond motifs is 1. The summed E-state index contributed by atoms with van der Waals surface area (Å²) in [5, 5.41) is 0.511. The number of ether oxygens (including phenoxy) is 2. The molecule has 1 heterocycles. The Morgan fingerprint density at radius 2 is 2.00 bits per heavy atom. The average molecular weight is 234 g/mol. The summed E-state index contributed by atoms with van der Waals surface area (Å²) in [6.07, 6.45) is 0.602. The van der Waals surface area contributed by atoms with Crippen LogP contribution in [-0.2, 0) is 0 Å². The zero-order valence-electron chi connectivity index (χ0n) is 9.35. The van der Waals surface area contributed by atoms with Crippen molar-refractivity contribution < 1.29 is 18.7 Å². The fraction of sp³-hybridized carbons (Fsp3) is 0.167. The number of hydrogen-bond donors (Lipinski definition) is 0. The van der Waals surface area contributed by atoms with Gasteiger partial charge in [-0.15, -0.1) is 0 Å². The molecule has 0 radical (unpaired) electrons. The van der Waals surface area contributed by atoms with Crippen LogP contribution in [0, 0.1) is 0 Å². The quantitative estimate of drug-likeness (QED) is 0.596. The maximum atomic E-state index is 11.3. The lowest BCUT2D eigenvalue weighted by Gasteiger charge is -2.09. The van der Waals surface area contributed by atoms with Crippen LogP contribution in [0.15, 0.2) is 27.4 Å². The molecule has 1 aromatic carbocycles. The number of carbonyl (C=O) groups is 1. The number of methoxy groups -OCH3 is 2. The van der Waals surface area contributed by atoms with Crippen molar-refractivity contribution in [1.82, 2.24) is 0 Å². The zero-order valence-corrected chi connectivity index (χ0v) is 9.35. The van der Waals surface area contributed by atoms with Crippen molar-refractivity contribution in [2.75, 3.05) is 14.2 Å². The standard InChI is InChI=1S/C12H10O5/c1-15-9-4-3-8-7(6-13)5-10(14)17-11(8)12(9)16-2/h3-6H,1-2H3. The monoisotopic (exact) mass is 234 g/mol. The third-order valence-electron chi connectivity index (χ3n) is 2.41. The second-order valence-corrected chi connectivity index (χ2v) is 3.32. The van der Waals surface area contributed by atoms with Crippen LogP contribution >= 0.6 is 0 Å². The van der Waals surface area contributed by atoms with E-state index in [-0.39, 0.29) is 11.1 Å². The molecule has 5 heteroatoms. The largest absolute Gasteiger partial charge is 0.493 e. The van der Waals surface area contributed by atoms with Gasteiger partial charge < -0.3 is 13.9 Å². The Bertz CT molecular complexity index is 627. The van der Waals surface area contributed by atoms with E-state index in [4.69, 9.17) is 13.9 Å². The number of hydrogen-bond acceptors (Lipinski definition) is 5. The van der Waals surface area contributed by atoms with E-state index in [0.717, 1.165) is 6.07 Å². The summed E-state index contributed by atoms with van der Waals surface area (Å²) in [5.41, 5.74) is -0.134. The lowest BCUT2D eigenvalue weighted by atomic mass is 10.1. The highest BCUT2D eigenvalue weighted by molar-refractivity contribution is 5.98. The number of rotatable bonds is 3. The van der Waals surface area contributed by atoms with Crippen LogP contribution in [0.3, 0.4) is 0 Å². The van der Waals surface area contributed by atoms with Crippen LogP contribution in [0.2, 0.25) is 0 Å². The van der Waals surface area contributed by atoms with Crippen molar-refractivity contribution in [3.05, 3.63) is 34.2 Å². The molecule has 0 spiro atoms. The Balaban J connectivity index is 2.93. The lowest BCUT2D eigenvalue weighted by molar-refractivity contribution is 0.112. The molecule has 2 rings (SSSR count). The van der Waals surface area contributed by atoms with Crippen LogP contribution in [0.4, 0.5) is 0 Å². The predicted octanol–water partition coefficient (Wildman–Crippen LogP) is 1.62. The van der Waals surface area contributed by atoms with Gasteiger partial charge >= 0.3 is 5.63 Å². The van der Waals surface area contributed by atoms with Crippen LogP contribution in [0.5, 0.6) is 11.5 Å². The van der Waals surface area contributed by atoms with E-state index in [1.807, 2.05) is 0 Å². The van der Waals surface area contributed by atoms with Crippen molar-refractivity contribution in [3.63, 3.8) is 0 Å². The van der Waals surface area contributed by atoms with Crippen molar-refractivity contribution in [2.45, 2.75) is 0 Å². The number of aldehydes is 1. The lowest BCUT2D eigenvalue weighted by Crippen LogP contribution is -2.01. The molecule has 2 aromatic rings. The molecule has 0 aliphatic carbocycles. The first-order valence-electron chi connectivity index (χ1n) is 4.85. The average Bonchev–Trinajstić information content (AvgIpc) is 2.36. The molecule has 5 nitrogen and oxygen atoms in total. The number of carbonyl (C=O) groups excluding carboxylic acids is 1. The molecule has 17 heavy (non-hydrogen) atoms. The minimum atomic E-state index is -0.605. The van der Waals surface area contributed by atoms with E-state index in [0.29, 0.717) is 23.2 Å². The molecular weight excluding hydrogens is 224 g/mol. The second kappa shape index (κ2) is 4.29. The smallest absolute Gasteiger partial charge is 0.337 e. The van der Waals surface area contributed by atoms with Crippen LogP contribution < -0.4 is 15.1 Å². The normalized spacial score (nSPS) is 10.2. The molecule has 88 valence electrons. The first kappa shape index (κ1) is 11.2. The molecule has 0 amide bonds. The van der Waals surface area contributed by atoms with Gasteiger partial charge in [-0.2, -0.15) is 0 Å². The Morgan fingerprint density at radius 3 is 2.59 bits per heavy atom. The fourth-order valence-corrected chi connectivity index (χ4v) is 1.66. The van der Waals surface area contributed by atoms with E-state index >= 15 is 0 Å². The Kier molecular flexibility index (Phi) is 2.82. The van der Waals surface area contributed by atoms with Gasteiger partial charge in [0.2, 0.25) is 5.75 Å². The van der Waals surface area contributed by atoms with Gasteiger partial charge in [0.05, 0.1) is 14.2 Å². The Labute approximate surface area is 96.6 Å². The van der Waals surface area contributed by atoms with Crippen molar-refractivity contribution in [3.8, 4) is 11.5 Å². The Morgan fingerprint density at radius 1 is 1.24 bits per heavy atom. The highest BCUT2D eigenvalue weighted by Gasteiger charge is 2.14. The van der Waals surface area contributed by atoms with Gasteiger partial charge in [-0.3, -0.25) is 4.79 Å². The first-order chi connectivity index (χ1) is 8.21. The van der Waals surface area contributed by atoms with Gasteiger partial charge in [-0.05, 0) is 12.1 Å². The van der Waals surface area contributed by atoms with E-state index < -0.39 is 5.63 Å². The fourth-order valence-electron chi connectivity index (χ4n) is 1.66. The summed E-state index contributed by atoms with van der Waals surface area (Å²) in [5.74, 6) is 0.733. The van der Waals surface area contributed by atoms with Gasteiger partial charge in [-0.25, -0.2) is 4.79 Å². The highest BCUT2D eigenvalue weighted by atomic mass is 16.5. The molecule has 0 saturated heterocycles. The molecule has 0 fully saturated rings. The van der Waals surface area contributed by atoms with E-state index in [2.05, 4.69) is 0 Å². The van der Waals surface area contributed by atoms with Crippen molar-refractivity contribution in [1.29, 1.82) is 0 Å². The van der Waals surface area contributed by atoms with E-state index in [1.54, 1.807) is 12.1 Å². The molecule has 0 aliphatic rings. The molecule has 0 bridgehead atoms. The molecule has 0 aliphatic heterocycles. The SMILES string of the molecule is COc1ccc2c(C=O)cc(=O)oc2c1OC. The maximum absolute atomic E-state index is 11.3. The third kappa shape index (κ3) is 1.75. The topological polar surface area (TPSA) is 65.7 Å². The molecule has 0 unspecified atom stereocenters. The summed E-state index contributed by atoms with van der Waals surface area (Å²) in [6, 6.07) is 4.43. The van der Waals surface area contributed by atoms with Crippen LogP contribution in [0.25, 0.3) is 11.0 Å². The second-order valence-electron chi connectivity index (χ2n) is 3.32. The van der Waals surface area contributed by atoms with Gasteiger partial charge in [0.25, 0.3) is 0 Å². The summed E-state index contributed by atoms with van der Waals surface area (Å²) in [4.78, 5) is 22.2. The van der Waals surface area contributed by atoms with Gasteiger partial charge in [0, 0.05) is 17.0 Å². The first-order valence-corrected chi connectivity index (χ1v) is 4.85. The molecule has 0 atom stereocenters. The van der Waals surface area contributed by atoms with Gasteiger partial charge in [0.1, 0.15) is 0 Å². The molecule has 0 N–H and O–H groups in total. The van der Waals surface area contributed by atoms with Crippen LogP contribution in [0.1, 0.15) is 10.4 Å². The Hall–Kier alpha value is -2.30. The molecular formula is C12H10O5. The predicted molar refractivity (Wildman–Crippen MR) is 61.0 cm³/mol. The summed E-state index contributed by atoms with van der Waals surface area (Å²) in [6.45, 7) is 0. The maximum Gasteiger partial charge on any atom is 0.337 e. The third-order valence-corrected chi connectivity index (χ3v) is 2.41. The summed E-state index contributed by atoms with van der Waals surface area (Å²) < 4.78 is 15.3. The van der Waals surface area contributed by atoms with Crippen LogP contribution in [-0.4, -0.2) is 20.5 Å². The molecule has 1 aromatic heterocycles. The minimum absolute atomic E-state index is 0.210. The zero-order chi connectivity index (χ0) is 12.4. The van der Waals surface area contributed by atoms with Gasteiger partial charge in [0.15, 0.2) is 17.6 Å². The van der Waals surface area contributed by atoms with Gasteiger partial charge in [-0.1, -0.05) is 0 Å². The van der Waals surface area contributed by atoms with E-state index in [1.165, 1.54) is 14.2 Å². The number of benzene rings is 1. The molecule has 0 saturated carbocycles. The van der Waals surface area contributed by atoms with Crippen molar-refractivity contribution in [2.24, 2.45) is 0 Å².